The Labute approximate surface area is 128 Å². The van der Waals surface area contributed by atoms with Gasteiger partial charge in [-0.2, -0.15) is 0 Å². The minimum atomic E-state index is 0.318. The number of methoxy groups -OCH3 is 2. The fourth-order valence-corrected chi connectivity index (χ4v) is 2.98. The number of likely N-dealkylation sites (tertiary alicyclic amines) is 1. The molecule has 21 heavy (non-hydrogen) atoms. The number of nitrogens with zero attached hydrogens (tertiary/aromatic N) is 1. The third-order valence-corrected chi connectivity index (χ3v) is 4.35. The average molecular weight is 292 g/mol. The summed E-state index contributed by atoms with van der Waals surface area (Å²) >= 11 is 0. The van der Waals surface area contributed by atoms with Crippen molar-refractivity contribution in [2.75, 3.05) is 34.4 Å². The number of ether oxygens (including phenoxy) is 2. The second kappa shape index (κ2) is 7.66. The van der Waals surface area contributed by atoms with Crippen LogP contribution in [-0.4, -0.2) is 45.3 Å². The van der Waals surface area contributed by atoms with Gasteiger partial charge >= 0.3 is 0 Å². The molecule has 1 aliphatic rings. The number of hydrogen-bond donors (Lipinski definition) is 1. The van der Waals surface area contributed by atoms with Crippen molar-refractivity contribution in [3.63, 3.8) is 0 Å². The molecule has 1 aromatic carbocycles. The first-order chi connectivity index (χ1) is 10.1. The van der Waals surface area contributed by atoms with E-state index in [-0.39, 0.29) is 0 Å². The summed E-state index contributed by atoms with van der Waals surface area (Å²) in [7, 11) is 5.56. The Kier molecular flexibility index (Phi) is 5.88. The van der Waals surface area contributed by atoms with Crippen LogP contribution in [0.4, 0.5) is 0 Å². The molecule has 1 N–H and O–H groups in total. The van der Waals surface area contributed by atoms with E-state index >= 15 is 0 Å². The molecule has 0 radical (unpaired) electrons. The molecule has 4 nitrogen and oxygen atoms in total. The van der Waals surface area contributed by atoms with Crippen LogP contribution >= 0.6 is 0 Å². The lowest BCUT2D eigenvalue weighted by molar-refractivity contribution is 0.339. The maximum atomic E-state index is 5.39. The highest BCUT2D eigenvalue weighted by molar-refractivity contribution is 5.43. The Balaban J connectivity index is 2.00. The first kappa shape index (κ1) is 16.1. The molecule has 0 aliphatic carbocycles. The Hall–Kier alpha value is -1.26. The van der Waals surface area contributed by atoms with Crippen LogP contribution in [0.1, 0.15) is 37.8 Å². The van der Waals surface area contributed by atoms with Gasteiger partial charge in [0.1, 0.15) is 0 Å². The second-order valence-electron chi connectivity index (χ2n) is 5.93. The van der Waals surface area contributed by atoms with Gasteiger partial charge in [0.2, 0.25) is 0 Å². The van der Waals surface area contributed by atoms with Gasteiger partial charge in [-0.25, -0.2) is 0 Å². The zero-order chi connectivity index (χ0) is 15.2. The molecule has 0 amide bonds. The first-order valence-corrected chi connectivity index (χ1v) is 7.80. The molecule has 0 saturated carbocycles. The minimum absolute atomic E-state index is 0.318. The van der Waals surface area contributed by atoms with E-state index in [0.29, 0.717) is 12.1 Å². The summed E-state index contributed by atoms with van der Waals surface area (Å²) in [5, 5.41) is 3.76. The van der Waals surface area contributed by atoms with Crippen LogP contribution < -0.4 is 14.8 Å². The lowest BCUT2D eigenvalue weighted by Crippen LogP contribution is -2.32. The summed E-state index contributed by atoms with van der Waals surface area (Å²) in [6.45, 7) is 4.61. The number of rotatable bonds is 5. The molecule has 2 rings (SSSR count). The third-order valence-electron chi connectivity index (χ3n) is 4.35. The minimum Gasteiger partial charge on any atom is -0.493 e. The van der Waals surface area contributed by atoms with Crippen LogP contribution in [0.2, 0.25) is 0 Å². The van der Waals surface area contributed by atoms with Gasteiger partial charge in [0.05, 0.1) is 14.2 Å². The van der Waals surface area contributed by atoms with E-state index < -0.39 is 0 Å². The molecule has 118 valence electrons. The second-order valence-corrected chi connectivity index (χ2v) is 5.93. The average Bonchev–Trinajstić information content (AvgIpc) is 2.71. The van der Waals surface area contributed by atoms with Crippen molar-refractivity contribution in [1.29, 1.82) is 0 Å². The van der Waals surface area contributed by atoms with Crippen LogP contribution in [0.3, 0.4) is 0 Å². The third kappa shape index (κ3) is 4.35. The highest BCUT2D eigenvalue weighted by Gasteiger charge is 2.18. The predicted molar refractivity (Wildman–Crippen MR) is 86.2 cm³/mol. The van der Waals surface area contributed by atoms with E-state index in [4.69, 9.17) is 9.47 Å². The van der Waals surface area contributed by atoms with Crippen LogP contribution in [0.5, 0.6) is 11.5 Å². The number of hydrogen-bond acceptors (Lipinski definition) is 4. The van der Waals surface area contributed by atoms with Crippen LogP contribution in [0.25, 0.3) is 0 Å². The van der Waals surface area contributed by atoms with Crippen LogP contribution in [0, 0.1) is 0 Å². The molecular formula is C17H28N2O2. The molecule has 4 heteroatoms. The smallest absolute Gasteiger partial charge is 0.161 e. The van der Waals surface area contributed by atoms with Crippen LogP contribution in [-0.2, 0) is 0 Å². The fourth-order valence-electron chi connectivity index (χ4n) is 2.98. The van der Waals surface area contributed by atoms with Crippen molar-refractivity contribution >= 4 is 0 Å². The lowest BCUT2D eigenvalue weighted by Gasteiger charge is -2.23. The topological polar surface area (TPSA) is 33.7 Å². The maximum Gasteiger partial charge on any atom is 0.161 e. The first-order valence-electron chi connectivity index (χ1n) is 7.80. The van der Waals surface area contributed by atoms with Gasteiger partial charge in [0.25, 0.3) is 0 Å². The SMILES string of the molecule is COc1ccc(C(C)NC2CCCN(C)CC2)cc1OC. The number of benzene rings is 1. The summed E-state index contributed by atoms with van der Waals surface area (Å²) in [4.78, 5) is 2.42. The lowest BCUT2D eigenvalue weighted by atomic mass is 10.0. The van der Waals surface area contributed by atoms with Crippen molar-refractivity contribution in [2.24, 2.45) is 0 Å². The molecule has 1 heterocycles. The van der Waals surface area contributed by atoms with Crippen molar-refractivity contribution in [3.05, 3.63) is 23.8 Å². The van der Waals surface area contributed by atoms with Gasteiger partial charge in [-0.05, 0) is 64.0 Å². The Morgan fingerprint density at radius 1 is 1.14 bits per heavy atom. The zero-order valence-electron chi connectivity index (χ0n) is 13.7. The molecule has 1 saturated heterocycles. The zero-order valence-corrected chi connectivity index (χ0v) is 13.7. The largest absolute Gasteiger partial charge is 0.493 e. The van der Waals surface area contributed by atoms with E-state index in [2.05, 4.69) is 36.3 Å². The highest BCUT2D eigenvalue weighted by Crippen LogP contribution is 2.30. The van der Waals surface area contributed by atoms with Gasteiger partial charge in [-0.1, -0.05) is 6.07 Å². The Morgan fingerprint density at radius 3 is 2.62 bits per heavy atom. The summed E-state index contributed by atoms with van der Waals surface area (Å²) < 4.78 is 10.7. The summed E-state index contributed by atoms with van der Waals surface area (Å²) in [6.07, 6.45) is 3.74. The summed E-state index contributed by atoms with van der Waals surface area (Å²) in [5.41, 5.74) is 1.24. The Bertz CT molecular complexity index is 450. The van der Waals surface area contributed by atoms with Crippen molar-refractivity contribution in [1.82, 2.24) is 10.2 Å². The summed E-state index contributed by atoms with van der Waals surface area (Å²) in [6, 6.07) is 7.07. The molecule has 0 aromatic heterocycles. The van der Waals surface area contributed by atoms with E-state index in [1.54, 1.807) is 14.2 Å². The molecule has 1 fully saturated rings. The quantitative estimate of drug-likeness (QED) is 0.905. The predicted octanol–water partition coefficient (Wildman–Crippen LogP) is 2.84. The molecule has 2 atom stereocenters. The maximum absolute atomic E-state index is 5.39. The molecule has 2 unspecified atom stereocenters. The van der Waals surface area contributed by atoms with Crippen molar-refractivity contribution < 1.29 is 9.47 Å². The van der Waals surface area contributed by atoms with Gasteiger partial charge < -0.3 is 19.7 Å². The van der Waals surface area contributed by atoms with Gasteiger partial charge in [0, 0.05) is 12.1 Å². The molecule has 1 aliphatic heterocycles. The van der Waals surface area contributed by atoms with Gasteiger partial charge in [-0.15, -0.1) is 0 Å². The van der Waals surface area contributed by atoms with E-state index in [1.807, 2.05) is 6.07 Å². The number of nitrogens with one attached hydrogen (secondary N) is 1. The van der Waals surface area contributed by atoms with E-state index in [0.717, 1.165) is 11.5 Å². The highest BCUT2D eigenvalue weighted by atomic mass is 16.5. The van der Waals surface area contributed by atoms with Gasteiger partial charge in [-0.3, -0.25) is 0 Å². The van der Waals surface area contributed by atoms with Crippen LogP contribution in [0.15, 0.2) is 18.2 Å². The van der Waals surface area contributed by atoms with Crippen molar-refractivity contribution in [3.8, 4) is 11.5 Å². The molecular weight excluding hydrogens is 264 g/mol. The fraction of sp³-hybridized carbons (Fsp3) is 0.647. The summed E-state index contributed by atoms with van der Waals surface area (Å²) in [5.74, 6) is 1.58. The molecule has 0 spiro atoms. The molecule has 0 bridgehead atoms. The van der Waals surface area contributed by atoms with E-state index in [9.17, 15) is 0 Å². The normalized spacial score (nSPS) is 21.6. The molecule has 1 aromatic rings. The Morgan fingerprint density at radius 2 is 1.90 bits per heavy atom. The van der Waals surface area contributed by atoms with Gasteiger partial charge in [0.15, 0.2) is 11.5 Å². The van der Waals surface area contributed by atoms with E-state index in [1.165, 1.54) is 37.9 Å². The monoisotopic (exact) mass is 292 g/mol. The standard InChI is InChI=1S/C17H28N2O2/c1-13(18-15-6-5-10-19(2)11-9-15)14-7-8-16(20-3)17(12-14)21-4/h7-8,12-13,15,18H,5-6,9-11H2,1-4H3. The van der Waals surface area contributed by atoms with Crippen molar-refractivity contribution in [2.45, 2.75) is 38.3 Å².